The Labute approximate surface area is 75.7 Å². The summed E-state index contributed by atoms with van der Waals surface area (Å²) >= 11 is 0. The molecule has 0 radical (unpaired) electrons. The molecule has 3 nitrogen and oxygen atoms in total. The highest BCUT2D eigenvalue weighted by Gasteiger charge is 2.08. The van der Waals surface area contributed by atoms with Crippen LogP contribution in [0.1, 0.15) is 5.69 Å². The first kappa shape index (κ1) is 8.01. The molecule has 0 spiro atoms. The van der Waals surface area contributed by atoms with E-state index in [0.717, 1.165) is 5.56 Å². The van der Waals surface area contributed by atoms with Gasteiger partial charge in [0.1, 0.15) is 5.69 Å². The molecule has 1 N–H and O–H groups in total. The molecule has 0 fully saturated rings. The third kappa shape index (κ3) is 1.46. The van der Waals surface area contributed by atoms with Crippen molar-refractivity contribution in [1.29, 1.82) is 0 Å². The Morgan fingerprint density at radius 2 is 2.00 bits per heavy atom. The molecule has 0 saturated heterocycles. The van der Waals surface area contributed by atoms with Crippen molar-refractivity contribution in [2.75, 3.05) is 0 Å². The summed E-state index contributed by atoms with van der Waals surface area (Å²) in [6.07, 6.45) is 1.34. The van der Waals surface area contributed by atoms with Crippen LogP contribution in [0, 0.1) is 0 Å². The third-order valence-electron chi connectivity index (χ3n) is 1.83. The molecule has 3 heteroatoms. The smallest absolute Gasteiger partial charge is 0.181 e. The summed E-state index contributed by atoms with van der Waals surface area (Å²) in [5.41, 5.74) is 1.51. The normalized spacial score (nSPS) is 10.2. The van der Waals surface area contributed by atoms with Crippen molar-refractivity contribution in [2.45, 2.75) is 6.61 Å². The first-order valence-electron chi connectivity index (χ1n) is 4.00. The summed E-state index contributed by atoms with van der Waals surface area (Å²) in [5, 5.41) is 8.95. The Kier molecular flexibility index (Phi) is 2.10. The lowest BCUT2D eigenvalue weighted by Crippen LogP contribution is -1.85. The molecule has 66 valence electrons. The van der Waals surface area contributed by atoms with E-state index < -0.39 is 0 Å². The number of benzene rings is 1. The zero-order valence-corrected chi connectivity index (χ0v) is 6.97. The number of hydrogen-bond donors (Lipinski definition) is 1. The van der Waals surface area contributed by atoms with Gasteiger partial charge in [-0.15, -0.1) is 0 Å². The van der Waals surface area contributed by atoms with E-state index >= 15 is 0 Å². The van der Waals surface area contributed by atoms with Crippen molar-refractivity contribution < 1.29 is 9.52 Å². The lowest BCUT2D eigenvalue weighted by molar-refractivity contribution is 0.277. The number of hydrogen-bond acceptors (Lipinski definition) is 3. The molecule has 2 rings (SSSR count). The quantitative estimate of drug-likeness (QED) is 0.757. The molecule has 0 bridgehead atoms. The number of aliphatic hydroxyl groups excluding tert-OH is 1. The maximum Gasteiger partial charge on any atom is 0.181 e. The zero-order chi connectivity index (χ0) is 9.10. The van der Waals surface area contributed by atoms with Crippen LogP contribution in [0.5, 0.6) is 0 Å². The number of nitrogens with zero attached hydrogens (tertiary/aromatic N) is 1. The number of rotatable bonds is 2. The van der Waals surface area contributed by atoms with Gasteiger partial charge in [0, 0.05) is 5.56 Å². The third-order valence-corrected chi connectivity index (χ3v) is 1.83. The summed E-state index contributed by atoms with van der Waals surface area (Å²) in [7, 11) is 0. The Morgan fingerprint density at radius 3 is 2.69 bits per heavy atom. The molecule has 0 aliphatic rings. The molecule has 0 aliphatic heterocycles. The Morgan fingerprint density at radius 1 is 1.23 bits per heavy atom. The van der Waals surface area contributed by atoms with Crippen LogP contribution in [-0.4, -0.2) is 10.1 Å². The first-order valence-corrected chi connectivity index (χ1v) is 4.00. The monoisotopic (exact) mass is 175 g/mol. The van der Waals surface area contributed by atoms with Gasteiger partial charge in [0.05, 0.1) is 6.61 Å². The minimum absolute atomic E-state index is 0.0965. The molecule has 0 aliphatic carbocycles. The fourth-order valence-corrected chi connectivity index (χ4v) is 1.21. The molecule has 13 heavy (non-hydrogen) atoms. The van der Waals surface area contributed by atoms with Gasteiger partial charge in [-0.2, -0.15) is 0 Å². The molecule has 0 amide bonds. The molecular formula is C10H9NO2. The van der Waals surface area contributed by atoms with Crippen molar-refractivity contribution in [2.24, 2.45) is 0 Å². The largest absolute Gasteiger partial charge is 0.443 e. The van der Waals surface area contributed by atoms with Crippen molar-refractivity contribution >= 4 is 0 Å². The van der Waals surface area contributed by atoms with Crippen LogP contribution < -0.4 is 0 Å². The van der Waals surface area contributed by atoms with E-state index in [-0.39, 0.29) is 6.61 Å². The highest BCUT2D eigenvalue weighted by molar-refractivity contribution is 5.59. The zero-order valence-electron chi connectivity index (χ0n) is 6.97. The van der Waals surface area contributed by atoms with E-state index in [4.69, 9.17) is 9.52 Å². The fourth-order valence-electron chi connectivity index (χ4n) is 1.21. The average Bonchev–Trinajstić information content (AvgIpc) is 2.67. The highest BCUT2D eigenvalue weighted by Crippen LogP contribution is 2.22. The van der Waals surface area contributed by atoms with Crippen LogP contribution in [-0.2, 0) is 6.61 Å². The number of aliphatic hydroxyl groups is 1. The minimum atomic E-state index is -0.0965. The Bertz CT molecular complexity index is 381. The van der Waals surface area contributed by atoms with E-state index in [1.165, 1.54) is 6.39 Å². The summed E-state index contributed by atoms with van der Waals surface area (Å²) in [6.45, 7) is -0.0965. The van der Waals surface area contributed by atoms with E-state index in [2.05, 4.69) is 4.98 Å². The Hall–Kier alpha value is -1.61. The summed E-state index contributed by atoms with van der Waals surface area (Å²) < 4.78 is 5.17. The highest BCUT2D eigenvalue weighted by atomic mass is 16.3. The van der Waals surface area contributed by atoms with Crippen molar-refractivity contribution in [3.8, 4) is 11.3 Å². The molecule has 2 aromatic rings. The maximum absolute atomic E-state index is 8.95. The van der Waals surface area contributed by atoms with Gasteiger partial charge >= 0.3 is 0 Å². The number of oxazole rings is 1. The van der Waals surface area contributed by atoms with Crippen molar-refractivity contribution in [3.05, 3.63) is 42.4 Å². The first-order chi connectivity index (χ1) is 6.42. The van der Waals surface area contributed by atoms with Crippen molar-refractivity contribution in [3.63, 3.8) is 0 Å². The lowest BCUT2D eigenvalue weighted by Gasteiger charge is -1.96. The van der Waals surface area contributed by atoms with Gasteiger partial charge in [-0.1, -0.05) is 30.3 Å². The van der Waals surface area contributed by atoms with Gasteiger partial charge < -0.3 is 9.52 Å². The van der Waals surface area contributed by atoms with Gasteiger partial charge in [-0.05, 0) is 0 Å². The predicted octanol–water partition coefficient (Wildman–Crippen LogP) is 1.83. The minimum Gasteiger partial charge on any atom is -0.443 e. The fraction of sp³-hybridized carbons (Fsp3) is 0.100. The molecule has 0 atom stereocenters. The number of aromatic nitrogens is 1. The van der Waals surface area contributed by atoms with E-state index in [1.54, 1.807) is 0 Å². The standard InChI is InChI=1S/C10H9NO2/c12-6-9-10(13-7-11-9)8-4-2-1-3-5-8/h1-5,7,12H,6H2. The van der Waals surface area contributed by atoms with Crippen LogP contribution in [0.4, 0.5) is 0 Å². The molecule has 0 saturated carbocycles. The van der Waals surface area contributed by atoms with Crippen LogP contribution in [0.3, 0.4) is 0 Å². The van der Waals surface area contributed by atoms with Gasteiger partial charge in [0.2, 0.25) is 0 Å². The molecule has 1 heterocycles. The van der Waals surface area contributed by atoms with Gasteiger partial charge in [-0.3, -0.25) is 0 Å². The second kappa shape index (κ2) is 3.41. The van der Waals surface area contributed by atoms with Gasteiger partial charge in [-0.25, -0.2) is 4.98 Å². The van der Waals surface area contributed by atoms with Gasteiger partial charge in [0.15, 0.2) is 12.2 Å². The van der Waals surface area contributed by atoms with Crippen LogP contribution in [0.2, 0.25) is 0 Å². The second-order valence-corrected chi connectivity index (χ2v) is 2.65. The predicted molar refractivity (Wildman–Crippen MR) is 47.9 cm³/mol. The summed E-state index contributed by atoms with van der Waals surface area (Å²) in [5.74, 6) is 0.642. The summed E-state index contributed by atoms with van der Waals surface area (Å²) in [4.78, 5) is 3.89. The topological polar surface area (TPSA) is 46.3 Å². The lowest BCUT2D eigenvalue weighted by atomic mass is 10.1. The summed E-state index contributed by atoms with van der Waals surface area (Å²) in [6, 6.07) is 9.59. The molecule has 0 unspecified atom stereocenters. The van der Waals surface area contributed by atoms with Gasteiger partial charge in [0.25, 0.3) is 0 Å². The molecule has 1 aromatic heterocycles. The van der Waals surface area contributed by atoms with E-state index in [9.17, 15) is 0 Å². The SMILES string of the molecule is OCc1ncoc1-c1ccccc1. The molecule has 1 aromatic carbocycles. The van der Waals surface area contributed by atoms with Crippen LogP contribution in [0.15, 0.2) is 41.1 Å². The van der Waals surface area contributed by atoms with E-state index in [1.807, 2.05) is 30.3 Å². The van der Waals surface area contributed by atoms with Crippen LogP contribution in [0.25, 0.3) is 11.3 Å². The molecular weight excluding hydrogens is 166 g/mol. The van der Waals surface area contributed by atoms with Crippen LogP contribution >= 0.6 is 0 Å². The maximum atomic E-state index is 8.95. The van der Waals surface area contributed by atoms with Crippen molar-refractivity contribution in [1.82, 2.24) is 4.98 Å². The average molecular weight is 175 g/mol. The van der Waals surface area contributed by atoms with E-state index in [0.29, 0.717) is 11.5 Å². The second-order valence-electron chi connectivity index (χ2n) is 2.65. The Balaban J connectivity index is 2.47.